The Morgan fingerprint density at radius 3 is 2.12 bits per heavy atom. The summed E-state index contributed by atoms with van der Waals surface area (Å²) in [6.45, 7) is 8.26. The predicted octanol–water partition coefficient (Wildman–Crippen LogP) is 4.26. The third-order valence-electron chi connectivity index (χ3n) is 2.18. The number of rotatable bonds is 3. The van der Waals surface area contributed by atoms with Gasteiger partial charge in [0.1, 0.15) is 0 Å². The van der Waals surface area contributed by atoms with Crippen molar-refractivity contribution in [3.05, 3.63) is 35.4 Å². The van der Waals surface area contributed by atoms with Gasteiger partial charge in [-0.2, -0.15) is 0 Å². The topological polar surface area (TPSA) is 17.1 Å². The molecule has 1 rings (SSSR count). The second-order valence-corrected chi connectivity index (χ2v) is 4.75. The van der Waals surface area contributed by atoms with Crippen LogP contribution in [0.15, 0.2) is 34.7 Å². The minimum Gasteiger partial charge on any atom is -0.255 e. The van der Waals surface area contributed by atoms with E-state index in [1.807, 2.05) is 38.1 Å². The monoisotopic (exact) mass is 238 g/mol. The lowest BCUT2D eigenvalue weighted by molar-refractivity contribution is 0.687. The van der Waals surface area contributed by atoms with Gasteiger partial charge in [0.25, 0.3) is 0 Å². The van der Waals surface area contributed by atoms with Gasteiger partial charge in [0.15, 0.2) is 0 Å². The number of hydrogen-bond donors (Lipinski definition) is 0. The van der Waals surface area contributed by atoms with Crippen molar-refractivity contribution in [2.24, 2.45) is 0 Å². The lowest BCUT2D eigenvalue weighted by Gasteiger charge is -1.99. The molecule has 0 bridgehead atoms. The normalized spacial score (nSPS) is 12.7. The van der Waals surface area contributed by atoms with Gasteiger partial charge in [-0.15, -0.1) is 0 Å². The van der Waals surface area contributed by atoms with Crippen LogP contribution < -0.4 is 0 Å². The minimum absolute atomic E-state index is 0.872. The van der Waals surface area contributed by atoms with Crippen molar-refractivity contribution in [1.82, 2.24) is 0 Å². The molecule has 0 fully saturated rings. The molecule has 1 aromatic rings. The first-order valence-corrected chi connectivity index (χ1v) is 7.30. The third-order valence-corrected chi connectivity index (χ3v) is 3.12. The molecule has 0 N–H and O–H groups in total. The van der Waals surface area contributed by atoms with Gasteiger partial charge in [-0.05, 0) is 31.0 Å². The Morgan fingerprint density at radius 1 is 1.25 bits per heavy atom. The summed E-state index contributed by atoms with van der Waals surface area (Å²) in [5.74, 6) is 0. The fraction of sp³-hybridized carbons (Fsp3) is 0.429. The molecule has 0 aliphatic rings. The number of allylic oxidation sites excluding steroid dienone is 1. The van der Waals surface area contributed by atoms with Crippen LogP contribution in [0.25, 0.3) is 6.08 Å². The Labute approximate surface area is 102 Å². The van der Waals surface area contributed by atoms with E-state index in [1.54, 1.807) is 6.26 Å². The van der Waals surface area contributed by atoms with Gasteiger partial charge in [0.2, 0.25) is 0 Å². The van der Waals surface area contributed by atoms with Crippen molar-refractivity contribution in [3.8, 4) is 0 Å². The van der Waals surface area contributed by atoms with Crippen LogP contribution in [-0.4, -0.2) is 10.5 Å². The SMILES string of the molecule is CC.CC/C(C)=C/c1ccc(S(C)=O)cc1. The van der Waals surface area contributed by atoms with Gasteiger partial charge in [-0.3, -0.25) is 4.21 Å². The molecule has 1 aromatic carbocycles. The van der Waals surface area contributed by atoms with Gasteiger partial charge >= 0.3 is 0 Å². The predicted molar refractivity (Wildman–Crippen MR) is 74.1 cm³/mol. The van der Waals surface area contributed by atoms with Crippen LogP contribution >= 0.6 is 0 Å². The first kappa shape index (κ1) is 15.1. The van der Waals surface area contributed by atoms with Crippen molar-refractivity contribution < 1.29 is 4.21 Å². The van der Waals surface area contributed by atoms with E-state index in [9.17, 15) is 4.21 Å². The third kappa shape index (κ3) is 5.26. The van der Waals surface area contributed by atoms with Crippen molar-refractivity contribution in [2.45, 2.75) is 39.0 Å². The highest BCUT2D eigenvalue weighted by molar-refractivity contribution is 7.84. The highest BCUT2D eigenvalue weighted by Gasteiger charge is 1.95. The van der Waals surface area contributed by atoms with E-state index in [-0.39, 0.29) is 0 Å². The molecule has 1 unspecified atom stereocenters. The van der Waals surface area contributed by atoms with Gasteiger partial charge in [-0.25, -0.2) is 0 Å². The zero-order chi connectivity index (χ0) is 12.6. The average molecular weight is 238 g/mol. The molecular weight excluding hydrogens is 216 g/mol. The smallest absolute Gasteiger partial charge is 0.0498 e. The molecule has 0 radical (unpaired) electrons. The molecule has 2 heteroatoms. The van der Waals surface area contributed by atoms with Crippen LogP contribution in [0.2, 0.25) is 0 Å². The first-order valence-electron chi connectivity index (χ1n) is 5.74. The summed E-state index contributed by atoms with van der Waals surface area (Å²) in [6, 6.07) is 7.86. The van der Waals surface area contributed by atoms with Crippen LogP contribution in [0, 0.1) is 0 Å². The Morgan fingerprint density at radius 2 is 1.75 bits per heavy atom. The van der Waals surface area contributed by atoms with Crippen LogP contribution in [0.1, 0.15) is 39.7 Å². The summed E-state index contributed by atoms with van der Waals surface area (Å²) >= 11 is 0. The number of hydrogen-bond acceptors (Lipinski definition) is 1. The Kier molecular flexibility index (Phi) is 7.82. The molecule has 0 aliphatic carbocycles. The molecule has 0 saturated heterocycles. The summed E-state index contributed by atoms with van der Waals surface area (Å²) in [7, 11) is -0.872. The summed E-state index contributed by atoms with van der Waals surface area (Å²) in [4.78, 5) is 0.885. The molecule has 90 valence electrons. The van der Waals surface area contributed by atoms with Gasteiger partial charge < -0.3 is 0 Å². The summed E-state index contributed by atoms with van der Waals surface area (Å²) in [6.07, 6.45) is 4.92. The van der Waals surface area contributed by atoms with Crippen LogP contribution in [0.5, 0.6) is 0 Å². The maximum absolute atomic E-state index is 11.1. The second kappa shape index (κ2) is 8.28. The molecule has 0 saturated carbocycles. The molecule has 1 atom stereocenters. The van der Waals surface area contributed by atoms with Crippen molar-refractivity contribution >= 4 is 16.9 Å². The molecule has 16 heavy (non-hydrogen) atoms. The average Bonchev–Trinajstić information content (AvgIpc) is 2.32. The van der Waals surface area contributed by atoms with Crippen LogP contribution in [0.3, 0.4) is 0 Å². The van der Waals surface area contributed by atoms with Crippen LogP contribution in [-0.2, 0) is 10.8 Å². The van der Waals surface area contributed by atoms with E-state index >= 15 is 0 Å². The summed E-state index contributed by atoms with van der Waals surface area (Å²) < 4.78 is 11.1. The van der Waals surface area contributed by atoms with Crippen molar-refractivity contribution in [1.29, 1.82) is 0 Å². The molecule has 1 nitrogen and oxygen atoms in total. The van der Waals surface area contributed by atoms with Crippen LogP contribution in [0.4, 0.5) is 0 Å². The van der Waals surface area contributed by atoms with E-state index in [0.29, 0.717) is 0 Å². The standard InChI is InChI=1S/C12H16OS.C2H6/c1-4-10(2)9-11-5-7-12(8-6-11)14(3)13;1-2/h5-9H,4H2,1-3H3;1-2H3/b10-9+;. The quantitative estimate of drug-likeness (QED) is 0.769. The second-order valence-electron chi connectivity index (χ2n) is 3.37. The molecule has 0 amide bonds. The maximum atomic E-state index is 11.1. The largest absolute Gasteiger partial charge is 0.255 e. The molecule has 0 aliphatic heterocycles. The van der Waals surface area contributed by atoms with E-state index in [2.05, 4.69) is 19.9 Å². The highest BCUT2D eigenvalue weighted by Crippen LogP contribution is 2.12. The zero-order valence-corrected chi connectivity index (χ0v) is 11.7. The maximum Gasteiger partial charge on any atom is 0.0498 e. The summed E-state index contributed by atoms with van der Waals surface area (Å²) in [5.41, 5.74) is 2.54. The van der Waals surface area contributed by atoms with E-state index in [4.69, 9.17) is 0 Å². The lowest BCUT2D eigenvalue weighted by Crippen LogP contribution is -1.86. The van der Waals surface area contributed by atoms with E-state index in [1.165, 1.54) is 11.1 Å². The van der Waals surface area contributed by atoms with E-state index in [0.717, 1.165) is 11.3 Å². The Hall–Kier alpha value is -0.890. The zero-order valence-electron chi connectivity index (χ0n) is 10.9. The fourth-order valence-corrected chi connectivity index (χ4v) is 1.66. The molecular formula is C14H22OS. The molecule has 0 aromatic heterocycles. The molecule has 0 spiro atoms. The van der Waals surface area contributed by atoms with Gasteiger partial charge in [0, 0.05) is 22.0 Å². The fourth-order valence-electron chi connectivity index (χ4n) is 1.14. The Bertz CT molecular complexity index is 350. The minimum atomic E-state index is -0.872. The highest BCUT2D eigenvalue weighted by atomic mass is 32.2. The van der Waals surface area contributed by atoms with E-state index < -0.39 is 10.8 Å². The lowest BCUT2D eigenvalue weighted by atomic mass is 10.1. The van der Waals surface area contributed by atoms with Gasteiger partial charge in [-0.1, -0.05) is 44.6 Å². The summed E-state index contributed by atoms with van der Waals surface area (Å²) in [5, 5.41) is 0. The van der Waals surface area contributed by atoms with Gasteiger partial charge in [0.05, 0.1) is 0 Å². The van der Waals surface area contributed by atoms with Crippen molar-refractivity contribution in [2.75, 3.05) is 6.26 Å². The molecule has 0 heterocycles. The number of benzene rings is 1. The Balaban J connectivity index is 0.00000106. The van der Waals surface area contributed by atoms with Crippen molar-refractivity contribution in [3.63, 3.8) is 0 Å². The first-order chi connectivity index (χ1) is 7.63.